The van der Waals surface area contributed by atoms with E-state index in [0.717, 1.165) is 5.56 Å². The van der Waals surface area contributed by atoms with E-state index in [1.165, 1.54) is 17.6 Å². The number of hydrogen-bond acceptors (Lipinski definition) is 5. The molecule has 0 saturated heterocycles. The van der Waals surface area contributed by atoms with Gasteiger partial charge in [0.15, 0.2) is 5.60 Å². The third-order valence-corrected chi connectivity index (χ3v) is 4.97. The SMILES string of the molecule is C[C@H](NC(=O)C(=O)NC[C@](O)(c1ccsc1)c1ccco1)c1ccccc1. The first-order valence-electron chi connectivity index (χ1n) is 8.43. The summed E-state index contributed by atoms with van der Waals surface area (Å²) in [6.07, 6.45) is 1.45. The average molecular weight is 384 g/mol. The summed E-state index contributed by atoms with van der Waals surface area (Å²) >= 11 is 1.42. The van der Waals surface area contributed by atoms with Gasteiger partial charge < -0.3 is 20.2 Å². The predicted octanol–water partition coefficient (Wildman–Crippen LogP) is 2.57. The number of benzene rings is 1. The molecule has 140 valence electrons. The van der Waals surface area contributed by atoms with E-state index in [1.54, 1.807) is 30.5 Å². The molecule has 2 aromatic heterocycles. The number of carbonyl (C=O) groups excluding carboxylic acids is 2. The molecule has 0 bridgehead atoms. The fourth-order valence-corrected chi connectivity index (χ4v) is 3.44. The molecule has 27 heavy (non-hydrogen) atoms. The van der Waals surface area contributed by atoms with Crippen molar-refractivity contribution in [3.05, 3.63) is 82.4 Å². The van der Waals surface area contributed by atoms with Gasteiger partial charge in [-0.2, -0.15) is 11.3 Å². The maximum Gasteiger partial charge on any atom is 0.309 e. The number of aliphatic hydroxyl groups is 1. The normalized spacial score (nSPS) is 14.1. The van der Waals surface area contributed by atoms with Crippen LogP contribution in [-0.4, -0.2) is 23.5 Å². The topological polar surface area (TPSA) is 91.6 Å². The summed E-state index contributed by atoms with van der Waals surface area (Å²) in [7, 11) is 0. The number of rotatable bonds is 6. The van der Waals surface area contributed by atoms with Crippen LogP contribution < -0.4 is 10.6 Å². The summed E-state index contributed by atoms with van der Waals surface area (Å²) in [4.78, 5) is 24.4. The van der Waals surface area contributed by atoms with Crippen LogP contribution in [0.4, 0.5) is 0 Å². The van der Waals surface area contributed by atoms with Gasteiger partial charge >= 0.3 is 11.8 Å². The molecule has 0 aliphatic carbocycles. The minimum absolute atomic E-state index is 0.191. The fraction of sp³-hybridized carbons (Fsp3) is 0.200. The van der Waals surface area contributed by atoms with E-state index in [9.17, 15) is 14.7 Å². The molecule has 0 aliphatic rings. The second-order valence-electron chi connectivity index (χ2n) is 6.14. The van der Waals surface area contributed by atoms with Crippen molar-refractivity contribution in [2.45, 2.75) is 18.6 Å². The molecule has 0 unspecified atom stereocenters. The van der Waals surface area contributed by atoms with Gasteiger partial charge in [0.05, 0.1) is 18.8 Å². The molecule has 2 atom stereocenters. The van der Waals surface area contributed by atoms with Crippen molar-refractivity contribution in [1.82, 2.24) is 10.6 Å². The zero-order valence-corrected chi connectivity index (χ0v) is 15.5. The molecular weight excluding hydrogens is 364 g/mol. The minimum Gasteiger partial charge on any atom is -0.466 e. The summed E-state index contributed by atoms with van der Waals surface area (Å²) in [5, 5.41) is 19.8. The average Bonchev–Trinajstić information content (AvgIpc) is 3.40. The van der Waals surface area contributed by atoms with E-state index < -0.39 is 17.4 Å². The zero-order valence-electron chi connectivity index (χ0n) is 14.7. The lowest BCUT2D eigenvalue weighted by molar-refractivity contribution is -0.140. The molecule has 0 spiro atoms. The smallest absolute Gasteiger partial charge is 0.309 e. The molecule has 2 amide bonds. The molecule has 3 rings (SSSR count). The lowest BCUT2D eigenvalue weighted by Crippen LogP contribution is -2.47. The minimum atomic E-state index is -1.55. The van der Waals surface area contributed by atoms with E-state index in [1.807, 2.05) is 35.7 Å². The Morgan fingerprint density at radius 2 is 1.93 bits per heavy atom. The third-order valence-electron chi connectivity index (χ3n) is 4.29. The summed E-state index contributed by atoms with van der Waals surface area (Å²) < 4.78 is 5.34. The van der Waals surface area contributed by atoms with Crippen LogP contribution in [0.3, 0.4) is 0 Å². The van der Waals surface area contributed by atoms with Gasteiger partial charge in [-0.3, -0.25) is 9.59 Å². The molecule has 0 aliphatic heterocycles. The summed E-state index contributed by atoms with van der Waals surface area (Å²) in [5.74, 6) is -1.30. The van der Waals surface area contributed by atoms with Crippen LogP contribution >= 0.6 is 11.3 Å². The van der Waals surface area contributed by atoms with E-state index >= 15 is 0 Å². The third kappa shape index (κ3) is 4.27. The van der Waals surface area contributed by atoms with Crippen molar-refractivity contribution in [2.24, 2.45) is 0 Å². The zero-order chi connectivity index (χ0) is 19.3. The highest BCUT2D eigenvalue weighted by Crippen LogP contribution is 2.30. The maximum atomic E-state index is 12.2. The van der Waals surface area contributed by atoms with Crippen LogP contribution in [0, 0.1) is 0 Å². The molecule has 6 nitrogen and oxygen atoms in total. The number of furan rings is 1. The molecule has 3 N–H and O–H groups in total. The second-order valence-corrected chi connectivity index (χ2v) is 6.92. The number of carbonyl (C=O) groups is 2. The lowest BCUT2D eigenvalue weighted by Gasteiger charge is -2.25. The van der Waals surface area contributed by atoms with Gasteiger partial charge in [0.25, 0.3) is 0 Å². The maximum absolute atomic E-state index is 12.2. The van der Waals surface area contributed by atoms with Crippen molar-refractivity contribution < 1.29 is 19.1 Å². The molecule has 2 heterocycles. The van der Waals surface area contributed by atoms with Gasteiger partial charge in [0.1, 0.15) is 5.76 Å². The second kappa shape index (κ2) is 8.20. The highest BCUT2D eigenvalue weighted by Gasteiger charge is 2.36. The van der Waals surface area contributed by atoms with Gasteiger partial charge in [-0.05, 0) is 41.4 Å². The first-order chi connectivity index (χ1) is 13.0. The number of amides is 2. The van der Waals surface area contributed by atoms with Crippen LogP contribution in [0.5, 0.6) is 0 Å². The summed E-state index contributed by atoms with van der Waals surface area (Å²) in [6, 6.07) is 14.1. The number of thiophene rings is 1. The van der Waals surface area contributed by atoms with E-state index in [0.29, 0.717) is 11.3 Å². The van der Waals surface area contributed by atoms with E-state index in [2.05, 4.69) is 10.6 Å². The Morgan fingerprint density at radius 3 is 2.56 bits per heavy atom. The van der Waals surface area contributed by atoms with Crippen molar-refractivity contribution in [3.63, 3.8) is 0 Å². The van der Waals surface area contributed by atoms with Crippen molar-refractivity contribution >= 4 is 23.2 Å². The van der Waals surface area contributed by atoms with Crippen LogP contribution in [-0.2, 0) is 15.2 Å². The van der Waals surface area contributed by atoms with Gasteiger partial charge in [0, 0.05) is 5.56 Å². The Labute approximate surface area is 160 Å². The highest BCUT2D eigenvalue weighted by atomic mass is 32.1. The van der Waals surface area contributed by atoms with Crippen molar-refractivity contribution in [1.29, 1.82) is 0 Å². The Hall–Kier alpha value is -2.90. The Balaban J connectivity index is 1.65. The van der Waals surface area contributed by atoms with Gasteiger partial charge in [-0.25, -0.2) is 0 Å². The fourth-order valence-electron chi connectivity index (χ4n) is 2.72. The van der Waals surface area contributed by atoms with Gasteiger partial charge in [-0.1, -0.05) is 30.3 Å². The quantitative estimate of drug-likeness (QED) is 0.570. The molecular formula is C20H20N2O4S. The molecule has 0 radical (unpaired) electrons. The molecule has 0 saturated carbocycles. The molecule has 7 heteroatoms. The van der Waals surface area contributed by atoms with Crippen LogP contribution in [0.15, 0.2) is 70.0 Å². The van der Waals surface area contributed by atoms with Crippen LogP contribution in [0.1, 0.15) is 29.9 Å². The number of hydrogen-bond donors (Lipinski definition) is 3. The standard InChI is InChI=1S/C20H20N2O4S/c1-14(15-6-3-2-4-7-15)22-19(24)18(23)21-13-20(25,16-9-11-27-12-16)17-8-5-10-26-17/h2-12,14,25H,13H2,1H3,(H,21,23)(H,22,24)/t14-,20-/m0/s1. The van der Waals surface area contributed by atoms with Crippen molar-refractivity contribution in [2.75, 3.05) is 6.54 Å². The Morgan fingerprint density at radius 1 is 1.15 bits per heavy atom. The monoisotopic (exact) mass is 384 g/mol. The van der Waals surface area contributed by atoms with E-state index in [-0.39, 0.29) is 12.6 Å². The predicted molar refractivity (Wildman–Crippen MR) is 102 cm³/mol. The van der Waals surface area contributed by atoms with Gasteiger partial charge in [-0.15, -0.1) is 0 Å². The largest absolute Gasteiger partial charge is 0.466 e. The summed E-state index contributed by atoms with van der Waals surface area (Å²) in [6.45, 7) is 1.61. The summed E-state index contributed by atoms with van der Waals surface area (Å²) in [5.41, 5.74) is -0.0744. The molecule has 3 aromatic rings. The first kappa shape index (κ1) is 18.9. The highest BCUT2D eigenvalue weighted by molar-refractivity contribution is 7.08. The lowest BCUT2D eigenvalue weighted by atomic mass is 9.93. The molecule has 0 fully saturated rings. The van der Waals surface area contributed by atoms with Crippen LogP contribution in [0.25, 0.3) is 0 Å². The molecule has 1 aromatic carbocycles. The first-order valence-corrected chi connectivity index (χ1v) is 9.37. The van der Waals surface area contributed by atoms with Crippen molar-refractivity contribution in [3.8, 4) is 0 Å². The van der Waals surface area contributed by atoms with Crippen LogP contribution in [0.2, 0.25) is 0 Å². The van der Waals surface area contributed by atoms with Gasteiger partial charge in [0.2, 0.25) is 0 Å². The Bertz CT molecular complexity index is 842. The number of nitrogens with one attached hydrogen (secondary N) is 2. The Kier molecular flexibility index (Phi) is 5.73. The van der Waals surface area contributed by atoms with E-state index in [4.69, 9.17) is 4.42 Å².